The molecule has 7 heteroatoms. The van der Waals surface area contributed by atoms with Gasteiger partial charge in [-0.25, -0.2) is 4.79 Å². The number of carboxylic acid groups (broad SMARTS) is 1. The van der Waals surface area contributed by atoms with E-state index in [1.165, 1.54) is 0 Å². The van der Waals surface area contributed by atoms with Crippen LogP contribution in [0.4, 0.5) is 0 Å². The maximum atomic E-state index is 13.4. The van der Waals surface area contributed by atoms with Crippen LogP contribution in [0.3, 0.4) is 0 Å². The van der Waals surface area contributed by atoms with Crippen molar-refractivity contribution in [2.75, 3.05) is 0 Å². The van der Waals surface area contributed by atoms with Crippen molar-refractivity contribution in [2.45, 2.75) is 64.1 Å². The van der Waals surface area contributed by atoms with Crippen LogP contribution in [-0.2, 0) is 16.1 Å². The molecule has 2 aromatic carbocycles. The van der Waals surface area contributed by atoms with Gasteiger partial charge in [-0.1, -0.05) is 30.3 Å². The van der Waals surface area contributed by atoms with E-state index in [4.69, 9.17) is 9.84 Å². The summed E-state index contributed by atoms with van der Waals surface area (Å²) in [6, 6.07) is 16.1. The average molecular weight is 491 g/mol. The topological polar surface area (TPSA) is 105 Å². The molecule has 2 unspecified atom stereocenters. The summed E-state index contributed by atoms with van der Waals surface area (Å²) >= 11 is 0. The number of carbonyl (C=O) groups excluding carboxylic acids is 2. The summed E-state index contributed by atoms with van der Waals surface area (Å²) in [5.74, 6) is 0.757. The van der Waals surface area contributed by atoms with E-state index in [9.17, 15) is 14.4 Å². The Hall–Kier alpha value is -3.35. The van der Waals surface area contributed by atoms with Crippen LogP contribution in [-0.4, -0.2) is 34.5 Å². The molecule has 4 aliphatic carbocycles. The summed E-state index contributed by atoms with van der Waals surface area (Å²) in [5, 5.41) is 15.5. The first-order chi connectivity index (χ1) is 17.1. The van der Waals surface area contributed by atoms with Gasteiger partial charge < -0.3 is 20.5 Å². The molecule has 2 aromatic rings. The van der Waals surface area contributed by atoms with Crippen molar-refractivity contribution in [1.82, 2.24) is 10.6 Å². The Morgan fingerprint density at radius 3 is 2.22 bits per heavy atom. The predicted octanol–water partition coefficient (Wildman–Crippen LogP) is 4.17. The average Bonchev–Trinajstić information content (AvgIpc) is 2.84. The lowest BCUT2D eigenvalue weighted by molar-refractivity contribution is -0.152. The largest absolute Gasteiger partial charge is 0.478 e. The maximum absolute atomic E-state index is 13.4. The standard InChI is InChI=1S/C29H34N2O5/c1-28(2,36-23-6-4-3-5-7-23)26(34)31-24-21-12-19-13-22(24)16-29(14-19,15-21)27(35)30-17-18-8-10-20(11-9-18)25(32)33/h3-11,19,21-22,24H,12-17H2,1-2H3,(H,30,35)(H,31,34)(H,32,33). The molecule has 0 aliphatic heterocycles. The number of para-hydroxylation sites is 1. The van der Waals surface area contributed by atoms with Crippen molar-refractivity contribution < 1.29 is 24.2 Å². The third-order valence-electron chi connectivity index (χ3n) is 8.37. The van der Waals surface area contributed by atoms with Gasteiger partial charge in [-0.05, 0) is 93.5 Å². The molecule has 0 radical (unpaired) electrons. The van der Waals surface area contributed by atoms with Gasteiger partial charge >= 0.3 is 5.97 Å². The van der Waals surface area contributed by atoms with Crippen LogP contribution < -0.4 is 15.4 Å². The van der Waals surface area contributed by atoms with Crippen molar-refractivity contribution in [1.29, 1.82) is 0 Å². The summed E-state index contributed by atoms with van der Waals surface area (Å²) in [7, 11) is 0. The van der Waals surface area contributed by atoms with E-state index in [-0.39, 0.29) is 40.7 Å². The summed E-state index contributed by atoms with van der Waals surface area (Å²) in [6.07, 6.45) is 4.58. The van der Waals surface area contributed by atoms with Crippen LogP contribution in [0.1, 0.15) is 61.9 Å². The van der Waals surface area contributed by atoms with Gasteiger partial charge in [0.25, 0.3) is 5.91 Å². The lowest BCUT2D eigenvalue weighted by Gasteiger charge is -2.59. The molecule has 4 fully saturated rings. The summed E-state index contributed by atoms with van der Waals surface area (Å²) in [6.45, 7) is 3.97. The molecule has 0 saturated heterocycles. The monoisotopic (exact) mass is 490 g/mol. The van der Waals surface area contributed by atoms with Crippen LogP contribution >= 0.6 is 0 Å². The van der Waals surface area contributed by atoms with E-state index >= 15 is 0 Å². The van der Waals surface area contributed by atoms with E-state index in [0.717, 1.165) is 37.7 Å². The zero-order chi connectivity index (χ0) is 25.5. The first-order valence-corrected chi connectivity index (χ1v) is 12.8. The minimum Gasteiger partial charge on any atom is -0.478 e. The van der Waals surface area contributed by atoms with Gasteiger partial charge in [0.2, 0.25) is 5.91 Å². The smallest absolute Gasteiger partial charge is 0.335 e. The van der Waals surface area contributed by atoms with Gasteiger partial charge in [-0.15, -0.1) is 0 Å². The molecular weight excluding hydrogens is 456 g/mol. The fraction of sp³-hybridized carbons (Fsp3) is 0.483. The first kappa shape index (κ1) is 24.3. The number of benzene rings is 2. The van der Waals surface area contributed by atoms with Crippen LogP contribution in [0, 0.1) is 23.2 Å². The summed E-state index contributed by atoms with van der Waals surface area (Å²) < 4.78 is 6.00. The Labute approximate surface area is 211 Å². The van der Waals surface area contributed by atoms with E-state index < -0.39 is 11.6 Å². The first-order valence-electron chi connectivity index (χ1n) is 12.8. The van der Waals surface area contributed by atoms with Gasteiger partial charge in [-0.2, -0.15) is 0 Å². The fourth-order valence-electron chi connectivity index (χ4n) is 6.83. The second kappa shape index (κ2) is 9.26. The number of hydrogen-bond donors (Lipinski definition) is 3. The number of carbonyl (C=O) groups is 3. The molecule has 4 saturated carbocycles. The summed E-state index contributed by atoms with van der Waals surface area (Å²) in [5.41, 5.74) is -0.267. The molecule has 0 heterocycles. The van der Waals surface area contributed by atoms with Crippen LogP contribution in [0.2, 0.25) is 0 Å². The highest BCUT2D eigenvalue weighted by Gasteiger charge is 2.59. The minimum atomic E-state index is -0.999. The normalized spacial score (nSPS) is 28.4. The number of carboxylic acids is 1. The molecule has 36 heavy (non-hydrogen) atoms. The molecule has 3 N–H and O–H groups in total. The quantitative estimate of drug-likeness (QED) is 0.515. The minimum absolute atomic E-state index is 0.0668. The second-order valence-electron chi connectivity index (χ2n) is 11.4. The van der Waals surface area contributed by atoms with Crippen molar-refractivity contribution in [3.63, 3.8) is 0 Å². The molecule has 4 aliphatic rings. The van der Waals surface area contributed by atoms with Gasteiger partial charge in [0, 0.05) is 12.6 Å². The molecule has 190 valence electrons. The molecule has 2 amide bonds. The van der Waals surface area contributed by atoms with Crippen LogP contribution in [0.15, 0.2) is 54.6 Å². The van der Waals surface area contributed by atoms with Gasteiger partial charge in [-0.3, -0.25) is 9.59 Å². The van der Waals surface area contributed by atoms with E-state index in [0.29, 0.717) is 18.2 Å². The third-order valence-corrected chi connectivity index (χ3v) is 8.37. The maximum Gasteiger partial charge on any atom is 0.335 e. The lowest BCUT2D eigenvalue weighted by atomic mass is 9.47. The Morgan fingerprint density at radius 2 is 1.61 bits per heavy atom. The summed E-state index contributed by atoms with van der Waals surface area (Å²) in [4.78, 5) is 37.7. The van der Waals surface area contributed by atoms with Gasteiger partial charge in [0.05, 0.1) is 11.0 Å². The highest BCUT2D eigenvalue weighted by Crippen LogP contribution is 2.60. The van der Waals surface area contributed by atoms with Gasteiger partial charge in [0.15, 0.2) is 5.60 Å². The molecule has 0 spiro atoms. The zero-order valence-electron chi connectivity index (χ0n) is 20.8. The number of aromatic carboxylic acids is 1. The number of nitrogens with one attached hydrogen (secondary N) is 2. The van der Waals surface area contributed by atoms with Crippen LogP contribution in [0.5, 0.6) is 5.75 Å². The Balaban J connectivity index is 1.22. The molecular formula is C29H34N2O5. The van der Waals surface area contributed by atoms with Crippen molar-refractivity contribution in [2.24, 2.45) is 23.2 Å². The van der Waals surface area contributed by atoms with Crippen molar-refractivity contribution in [3.8, 4) is 5.75 Å². The Bertz CT molecular complexity index is 1130. The second-order valence-corrected chi connectivity index (χ2v) is 11.4. The predicted molar refractivity (Wildman–Crippen MR) is 134 cm³/mol. The van der Waals surface area contributed by atoms with E-state index in [1.807, 2.05) is 30.3 Å². The molecule has 7 nitrogen and oxygen atoms in total. The Morgan fingerprint density at radius 1 is 0.972 bits per heavy atom. The van der Waals surface area contributed by atoms with Crippen LogP contribution in [0.25, 0.3) is 0 Å². The van der Waals surface area contributed by atoms with Crippen molar-refractivity contribution in [3.05, 3.63) is 65.7 Å². The highest BCUT2D eigenvalue weighted by atomic mass is 16.5. The number of hydrogen-bond acceptors (Lipinski definition) is 4. The SMILES string of the molecule is CC(C)(Oc1ccccc1)C(=O)NC1C2CC3CC1CC(C(=O)NCc1ccc(C(=O)O)cc1)(C3)C2. The highest BCUT2D eigenvalue weighted by molar-refractivity contribution is 5.87. The molecule has 0 aromatic heterocycles. The number of amides is 2. The van der Waals surface area contributed by atoms with E-state index in [2.05, 4.69) is 10.6 Å². The number of rotatable bonds is 8. The van der Waals surface area contributed by atoms with Crippen molar-refractivity contribution >= 4 is 17.8 Å². The van der Waals surface area contributed by atoms with Gasteiger partial charge in [0.1, 0.15) is 5.75 Å². The fourth-order valence-corrected chi connectivity index (χ4v) is 6.83. The molecule has 6 rings (SSSR count). The molecule has 2 atom stereocenters. The molecule has 4 bridgehead atoms. The number of ether oxygens (including phenoxy) is 1. The Kier molecular flexibility index (Phi) is 6.27. The third kappa shape index (κ3) is 4.71. The zero-order valence-corrected chi connectivity index (χ0v) is 20.8. The lowest BCUT2D eigenvalue weighted by Crippen LogP contribution is -2.64. The van der Waals surface area contributed by atoms with E-state index in [1.54, 1.807) is 38.1 Å².